The molecule has 0 radical (unpaired) electrons. The van der Waals surface area contributed by atoms with Crippen LogP contribution >= 0.6 is 0 Å². The van der Waals surface area contributed by atoms with E-state index >= 15 is 0 Å². The zero-order valence-corrected chi connectivity index (χ0v) is 10.8. The first-order chi connectivity index (χ1) is 8.86. The van der Waals surface area contributed by atoms with Crippen LogP contribution in [0, 0.1) is 17.8 Å². The fourth-order valence-electron chi connectivity index (χ4n) is 3.18. The van der Waals surface area contributed by atoms with E-state index in [1.54, 1.807) is 0 Å². The van der Waals surface area contributed by atoms with Crippen molar-refractivity contribution in [2.24, 2.45) is 17.8 Å². The Morgan fingerprint density at radius 1 is 1.28 bits per heavy atom. The molecule has 1 heterocycles. The Kier molecular flexibility index (Phi) is 3.50. The zero-order chi connectivity index (χ0) is 12.4. The molecule has 0 aromatic heterocycles. The Bertz CT molecular complexity index is 369. The average molecular weight is 247 g/mol. The summed E-state index contributed by atoms with van der Waals surface area (Å²) in [6, 6.07) is 0. The summed E-state index contributed by atoms with van der Waals surface area (Å²) in [5, 5.41) is 0. The van der Waals surface area contributed by atoms with Gasteiger partial charge in [-0.2, -0.15) is 0 Å². The lowest BCUT2D eigenvalue weighted by atomic mass is 10.2. The van der Waals surface area contributed by atoms with Gasteiger partial charge in [0.25, 0.3) is 0 Å². The van der Waals surface area contributed by atoms with E-state index in [4.69, 9.17) is 4.74 Å². The number of carbonyl (C=O) groups is 1. The summed E-state index contributed by atoms with van der Waals surface area (Å²) in [5.41, 5.74) is 0. The third kappa shape index (κ3) is 2.51. The topological polar surface area (TPSA) is 29.5 Å². The Labute approximate surface area is 108 Å². The van der Waals surface area contributed by atoms with Crippen LogP contribution in [0.25, 0.3) is 0 Å². The molecule has 98 valence electrons. The fourth-order valence-corrected chi connectivity index (χ4v) is 3.18. The molecule has 0 spiro atoms. The molecule has 3 unspecified atom stereocenters. The van der Waals surface area contributed by atoms with E-state index in [2.05, 4.69) is 29.2 Å². The van der Waals surface area contributed by atoms with Gasteiger partial charge in [-0.05, 0) is 44.2 Å². The summed E-state index contributed by atoms with van der Waals surface area (Å²) in [6.07, 6.45) is 12.0. The molecule has 0 bridgehead atoms. The summed E-state index contributed by atoms with van der Waals surface area (Å²) in [5.74, 6) is 1.08. The van der Waals surface area contributed by atoms with Crippen LogP contribution in [0.2, 0.25) is 0 Å². The van der Waals surface area contributed by atoms with Gasteiger partial charge in [-0.3, -0.25) is 9.69 Å². The summed E-state index contributed by atoms with van der Waals surface area (Å²) in [4.78, 5) is 14.3. The molecule has 2 fully saturated rings. The molecule has 0 N–H and O–H groups in total. The molecular weight excluding hydrogens is 226 g/mol. The normalized spacial score (nSPS) is 34.1. The number of fused-ring (bicyclic) bond motifs is 1. The number of hydrogen-bond donors (Lipinski definition) is 0. The first-order valence-corrected chi connectivity index (χ1v) is 7.08. The maximum absolute atomic E-state index is 12.0. The van der Waals surface area contributed by atoms with Crippen molar-refractivity contribution in [3.8, 4) is 0 Å². The minimum absolute atomic E-state index is 0.0177. The predicted octanol–water partition coefficient (Wildman–Crippen LogP) is 2.00. The number of ether oxygens (including phenoxy) is 1. The van der Waals surface area contributed by atoms with Crippen LogP contribution in [0.4, 0.5) is 0 Å². The van der Waals surface area contributed by atoms with Gasteiger partial charge in [0.15, 0.2) is 0 Å². The van der Waals surface area contributed by atoms with E-state index in [0.29, 0.717) is 18.4 Å². The smallest absolute Gasteiger partial charge is 0.309 e. The van der Waals surface area contributed by atoms with Crippen molar-refractivity contribution in [2.45, 2.75) is 19.3 Å². The monoisotopic (exact) mass is 247 g/mol. The van der Waals surface area contributed by atoms with Crippen LogP contribution in [0.3, 0.4) is 0 Å². The molecular formula is C15H21NO2. The molecule has 3 heteroatoms. The van der Waals surface area contributed by atoms with E-state index in [1.165, 1.54) is 25.9 Å². The lowest BCUT2D eigenvalue weighted by Gasteiger charge is -2.14. The summed E-state index contributed by atoms with van der Waals surface area (Å²) < 4.78 is 5.42. The molecule has 3 aliphatic rings. The maximum atomic E-state index is 12.0. The van der Waals surface area contributed by atoms with Crippen LogP contribution in [0.15, 0.2) is 24.3 Å². The SMILES string of the molecule is O=C(OCCN1CCCC1)C1C2C=CC=CCC21. The highest BCUT2D eigenvalue weighted by Crippen LogP contribution is 2.51. The van der Waals surface area contributed by atoms with E-state index < -0.39 is 0 Å². The Morgan fingerprint density at radius 3 is 2.94 bits per heavy atom. The molecule has 1 saturated heterocycles. The van der Waals surface area contributed by atoms with Gasteiger partial charge in [0.1, 0.15) is 6.61 Å². The van der Waals surface area contributed by atoms with E-state index in [1.807, 2.05) is 0 Å². The third-order valence-corrected chi connectivity index (χ3v) is 4.34. The van der Waals surface area contributed by atoms with Crippen LogP contribution in [-0.2, 0) is 9.53 Å². The minimum atomic E-state index is 0.0177. The summed E-state index contributed by atoms with van der Waals surface area (Å²) in [7, 11) is 0. The van der Waals surface area contributed by atoms with Gasteiger partial charge in [-0.25, -0.2) is 0 Å². The number of nitrogens with zero attached hydrogens (tertiary/aromatic N) is 1. The van der Waals surface area contributed by atoms with Crippen LogP contribution < -0.4 is 0 Å². The standard InChI is InChI=1S/C15H21NO2/c17-15(18-11-10-16-8-4-5-9-16)14-12-6-2-1-3-7-13(12)14/h1-3,6,12-14H,4-5,7-11H2. The van der Waals surface area contributed by atoms with E-state index in [9.17, 15) is 4.79 Å². The molecule has 0 amide bonds. The van der Waals surface area contributed by atoms with Crippen molar-refractivity contribution in [3.63, 3.8) is 0 Å². The third-order valence-electron chi connectivity index (χ3n) is 4.34. The second kappa shape index (κ2) is 5.27. The maximum Gasteiger partial charge on any atom is 0.309 e. The van der Waals surface area contributed by atoms with Crippen LogP contribution in [-0.4, -0.2) is 37.1 Å². The van der Waals surface area contributed by atoms with Crippen molar-refractivity contribution >= 4 is 5.97 Å². The number of carbonyl (C=O) groups excluding carboxylic acids is 1. The zero-order valence-electron chi connectivity index (χ0n) is 10.8. The van der Waals surface area contributed by atoms with Crippen molar-refractivity contribution in [2.75, 3.05) is 26.2 Å². The second-order valence-corrected chi connectivity index (χ2v) is 5.53. The summed E-state index contributed by atoms with van der Waals surface area (Å²) in [6.45, 7) is 3.80. The molecule has 0 aromatic rings. The molecule has 3 nitrogen and oxygen atoms in total. The first kappa shape index (κ1) is 12.0. The molecule has 1 saturated carbocycles. The highest BCUT2D eigenvalue weighted by atomic mass is 16.5. The Morgan fingerprint density at radius 2 is 2.11 bits per heavy atom. The minimum Gasteiger partial charge on any atom is -0.464 e. The Hall–Kier alpha value is -1.09. The van der Waals surface area contributed by atoms with Gasteiger partial charge in [0.05, 0.1) is 5.92 Å². The lowest BCUT2D eigenvalue weighted by molar-refractivity contribution is -0.146. The number of allylic oxidation sites excluding steroid dienone is 4. The Balaban J connectivity index is 1.40. The molecule has 2 aliphatic carbocycles. The van der Waals surface area contributed by atoms with E-state index in [-0.39, 0.29) is 11.9 Å². The highest BCUT2D eigenvalue weighted by molar-refractivity contribution is 5.77. The number of esters is 1. The number of likely N-dealkylation sites (tertiary alicyclic amines) is 1. The van der Waals surface area contributed by atoms with Crippen molar-refractivity contribution < 1.29 is 9.53 Å². The van der Waals surface area contributed by atoms with Gasteiger partial charge in [-0.15, -0.1) is 0 Å². The van der Waals surface area contributed by atoms with Gasteiger partial charge in [0.2, 0.25) is 0 Å². The van der Waals surface area contributed by atoms with Gasteiger partial charge in [0, 0.05) is 6.54 Å². The first-order valence-electron chi connectivity index (χ1n) is 7.08. The molecule has 18 heavy (non-hydrogen) atoms. The van der Waals surface area contributed by atoms with Crippen molar-refractivity contribution in [1.29, 1.82) is 0 Å². The molecule has 0 aromatic carbocycles. The van der Waals surface area contributed by atoms with Crippen molar-refractivity contribution in [1.82, 2.24) is 4.90 Å². The number of rotatable bonds is 4. The quantitative estimate of drug-likeness (QED) is 0.712. The van der Waals surface area contributed by atoms with Crippen LogP contribution in [0.5, 0.6) is 0 Å². The van der Waals surface area contributed by atoms with Gasteiger partial charge >= 0.3 is 5.97 Å². The van der Waals surface area contributed by atoms with Gasteiger partial charge < -0.3 is 4.74 Å². The van der Waals surface area contributed by atoms with E-state index in [0.717, 1.165) is 13.0 Å². The molecule has 3 atom stereocenters. The number of hydrogen-bond acceptors (Lipinski definition) is 3. The lowest BCUT2D eigenvalue weighted by Crippen LogP contribution is -2.25. The molecule has 1 aliphatic heterocycles. The average Bonchev–Trinajstić information content (AvgIpc) is 2.89. The fraction of sp³-hybridized carbons (Fsp3) is 0.667. The van der Waals surface area contributed by atoms with Crippen molar-refractivity contribution in [3.05, 3.63) is 24.3 Å². The molecule has 3 rings (SSSR count). The predicted molar refractivity (Wildman–Crippen MR) is 70.0 cm³/mol. The second-order valence-electron chi connectivity index (χ2n) is 5.53. The van der Waals surface area contributed by atoms with Gasteiger partial charge in [-0.1, -0.05) is 24.3 Å². The van der Waals surface area contributed by atoms with Crippen LogP contribution in [0.1, 0.15) is 19.3 Å². The summed E-state index contributed by atoms with van der Waals surface area (Å²) >= 11 is 0. The highest BCUT2D eigenvalue weighted by Gasteiger charge is 2.53. The largest absolute Gasteiger partial charge is 0.464 e.